The number of ketones is 1. The Bertz CT molecular complexity index is 902. The minimum atomic E-state index is 0.223. The maximum Gasteiger partial charge on any atom is 0.178 e. The van der Waals surface area contributed by atoms with Crippen LogP contribution in [0.5, 0.6) is 0 Å². The molecule has 2 aromatic rings. The number of aromatic nitrogens is 1. The van der Waals surface area contributed by atoms with Gasteiger partial charge in [0.2, 0.25) is 0 Å². The maximum atomic E-state index is 13.2. The molecule has 4 heteroatoms. The lowest BCUT2D eigenvalue weighted by Gasteiger charge is -2.21. The summed E-state index contributed by atoms with van der Waals surface area (Å²) in [5.74, 6) is 1.59. The highest BCUT2D eigenvalue weighted by molar-refractivity contribution is 5.99. The van der Waals surface area contributed by atoms with E-state index in [-0.39, 0.29) is 5.78 Å². The minimum absolute atomic E-state index is 0.223. The summed E-state index contributed by atoms with van der Waals surface area (Å²) >= 11 is 0. The molecule has 0 N–H and O–H groups in total. The highest BCUT2D eigenvalue weighted by atomic mass is 16.1. The second-order valence-electron chi connectivity index (χ2n) is 8.30. The first kappa shape index (κ1) is 18.0. The molecule has 3 heterocycles. The van der Waals surface area contributed by atoms with Gasteiger partial charge in [0.05, 0.1) is 18.2 Å². The van der Waals surface area contributed by atoms with Crippen molar-refractivity contribution >= 4 is 5.78 Å². The summed E-state index contributed by atoms with van der Waals surface area (Å²) in [5, 5.41) is 9.00. The van der Waals surface area contributed by atoms with Crippen LogP contribution < -0.4 is 0 Å². The van der Waals surface area contributed by atoms with Crippen LogP contribution in [0.25, 0.3) is 5.69 Å². The Kier molecular flexibility index (Phi) is 4.44. The quantitative estimate of drug-likeness (QED) is 0.764. The van der Waals surface area contributed by atoms with E-state index < -0.39 is 0 Å². The normalized spacial score (nSPS) is 27.1. The van der Waals surface area contributed by atoms with Gasteiger partial charge in [0.25, 0.3) is 0 Å². The predicted octanol–water partition coefficient (Wildman–Crippen LogP) is 4.27. The molecule has 0 unspecified atom stereocenters. The molecule has 2 fully saturated rings. The zero-order valence-corrected chi connectivity index (χ0v) is 16.6. The Balaban J connectivity index is 1.60. The molecular formula is C23H27N3O. The van der Waals surface area contributed by atoms with E-state index in [0.717, 1.165) is 22.6 Å². The van der Waals surface area contributed by atoms with Crippen LogP contribution in [0.3, 0.4) is 0 Å². The third kappa shape index (κ3) is 2.82. The van der Waals surface area contributed by atoms with Crippen molar-refractivity contribution in [2.75, 3.05) is 6.54 Å². The van der Waals surface area contributed by atoms with E-state index in [9.17, 15) is 4.79 Å². The van der Waals surface area contributed by atoms with Gasteiger partial charge in [-0.1, -0.05) is 13.8 Å². The van der Waals surface area contributed by atoms with Gasteiger partial charge >= 0.3 is 0 Å². The summed E-state index contributed by atoms with van der Waals surface area (Å²) in [4.78, 5) is 15.6. The highest BCUT2D eigenvalue weighted by Gasteiger charge is 2.49. The Hall–Kier alpha value is -2.38. The van der Waals surface area contributed by atoms with Crippen LogP contribution in [-0.2, 0) is 0 Å². The van der Waals surface area contributed by atoms with E-state index in [2.05, 4.69) is 29.4 Å². The standard InChI is InChI=1S/C23H27N3O/c1-14-11-20(17(4)26(14)19-7-5-18(12-24)6-8-19)23(27)13-25-21-9-10-22(25)16(3)15(21)2/h5-8,11,15-16,21-22H,9-10,13H2,1-4H3/t15-,16+,21-,22+. The number of carbonyl (C=O) groups excluding carboxylic acids is 1. The van der Waals surface area contributed by atoms with Gasteiger partial charge < -0.3 is 4.57 Å². The monoisotopic (exact) mass is 361 g/mol. The van der Waals surface area contributed by atoms with Gasteiger partial charge in [0.1, 0.15) is 0 Å². The van der Waals surface area contributed by atoms with Crippen molar-refractivity contribution in [1.82, 2.24) is 9.47 Å². The molecule has 0 saturated carbocycles. The average molecular weight is 361 g/mol. The zero-order valence-electron chi connectivity index (χ0n) is 16.6. The number of carbonyl (C=O) groups is 1. The Morgan fingerprint density at radius 1 is 1.11 bits per heavy atom. The predicted molar refractivity (Wildman–Crippen MR) is 106 cm³/mol. The van der Waals surface area contributed by atoms with Gasteiger partial charge in [-0.3, -0.25) is 9.69 Å². The third-order valence-corrected chi connectivity index (χ3v) is 6.97. The molecule has 140 valence electrons. The van der Waals surface area contributed by atoms with E-state index in [1.54, 1.807) is 0 Å². The number of nitriles is 1. The number of aryl methyl sites for hydroxylation is 1. The largest absolute Gasteiger partial charge is 0.318 e. The van der Waals surface area contributed by atoms with Gasteiger partial charge in [0.15, 0.2) is 5.78 Å². The molecule has 2 aliphatic rings. The fraction of sp³-hybridized carbons (Fsp3) is 0.478. The molecule has 4 nitrogen and oxygen atoms in total. The van der Waals surface area contributed by atoms with E-state index in [4.69, 9.17) is 5.26 Å². The summed E-state index contributed by atoms with van der Waals surface area (Å²) in [6.07, 6.45) is 2.46. The molecule has 1 aromatic carbocycles. The minimum Gasteiger partial charge on any atom is -0.318 e. The zero-order chi connectivity index (χ0) is 19.3. The molecule has 1 aromatic heterocycles. The average Bonchev–Trinajstić information content (AvgIpc) is 3.27. The molecule has 27 heavy (non-hydrogen) atoms. The van der Waals surface area contributed by atoms with Crippen LogP contribution >= 0.6 is 0 Å². The van der Waals surface area contributed by atoms with Crippen molar-refractivity contribution < 1.29 is 4.79 Å². The number of benzene rings is 1. The first-order chi connectivity index (χ1) is 12.9. The molecule has 0 aliphatic carbocycles. The van der Waals surface area contributed by atoms with Crippen LogP contribution in [0.1, 0.15) is 54.0 Å². The summed E-state index contributed by atoms with van der Waals surface area (Å²) in [5.41, 5.74) is 4.49. The van der Waals surface area contributed by atoms with Crippen molar-refractivity contribution in [2.24, 2.45) is 11.8 Å². The third-order valence-electron chi connectivity index (χ3n) is 6.97. The van der Waals surface area contributed by atoms with E-state index >= 15 is 0 Å². The van der Waals surface area contributed by atoms with Crippen LogP contribution in [0.4, 0.5) is 0 Å². The number of hydrogen-bond donors (Lipinski definition) is 0. The lowest BCUT2D eigenvalue weighted by molar-refractivity contribution is 0.0911. The smallest absolute Gasteiger partial charge is 0.178 e. The Morgan fingerprint density at radius 2 is 1.70 bits per heavy atom. The van der Waals surface area contributed by atoms with Gasteiger partial charge in [-0.05, 0) is 68.9 Å². The van der Waals surface area contributed by atoms with Crippen molar-refractivity contribution in [3.05, 3.63) is 52.8 Å². The molecule has 0 spiro atoms. The molecule has 4 rings (SSSR count). The van der Waals surface area contributed by atoms with Crippen molar-refractivity contribution in [1.29, 1.82) is 5.26 Å². The molecule has 0 amide bonds. The second kappa shape index (κ2) is 6.65. The van der Waals surface area contributed by atoms with Gasteiger partial charge in [-0.25, -0.2) is 0 Å². The van der Waals surface area contributed by atoms with Crippen molar-refractivity contribution in [3.63, 3.8) is 0 Å². The second-order valence-corrected chi connectivity index (χ2v) is 8.30. The lowest BCUT2D eigenvalue weighted by Crippen LogP contribution is -2.35. The van der Waals surface area contributed by atoms with E-state index in [0.29, 0.717) is 36.0 Å². The van der Waals surface area contributed by atoms with Crippen LogP contribution in [0.2, 0.25) is 0 Å². The lowest BCUT2D eigenvalue weighted by atomic mass is 9.82. The Morgan fingerprint density at radius 3 is 2.26 bits per heavy atom. The molecule has 0 radical (unpaired) electrons. The number of nitrogens with zero attached hydrogens (tertiary/aromatic N) is 3. The van der Waals surface area contributed by atoms with Crippen molar-refractivity contribution in [2.45, 2.75) is 52.6 Å². The summed E-state index contributed by atoms with van der Waals surface area (Å²) in [6, 6.07) is 12.8. The molecular weight excluding hydrogens is 334 g/mol. The first-order valence-electron chi connectivity index (χ1n) is 9.90. The van der Waals surface area contributed by atoms with Crippen LogP contribution in [0, 0.1) is 37.0 Å². The van der Waals surface area contributed by atoms with E-state index in [1.807, 2.05) is 44.2 Å². The SMILES string of the molecule is Cc1cc(C(=O)CN2[C@@H]3CC[C@H]2[C@@H](C)[C@H]3C)c(C)n1-c1ccc(C#N)cc1. The number of rotatable bonds is 4. The van der Waals surface area contributed by atoms with Crippen LogP contribution in [-0.4, -0.2) is 33.9 Å². The highest BCUT2D eigenvalue weighted by Crippen LogP contribution is 2.45. The van der Waals surface area contributed by atoms with Gasteiger partial charge in [0, 0.05) is 34.7 Å². The van der Waals surface area contributed by atoms with Crippen LogP contribution in [0.15, 0.2) is 30.3 Å². The van der Waals surface area contributed by atoms with E-state index in [1.165, 1.54) is 12.8 Å². The first-order valence-corrected chi connectivity index (χ1v) is 9.90. The summed E-state index contributed by atoms with van der Waals surface area (Å²) < 4.78 is 2.11. The Labute approximate surface area is 161 Å². The molecule has 2 saturated heterocycles. The van der Waals surface area contributed by atoms with Crippen molar-refractivity contribution in [3.8, 4) is 11.8 Å². The molecule has 2 bridgehead atoms. The van der Waals surface area contributed by atoms with Gasteiger partial charge in [-0.2, -0.15) is 5.26 Å². The molecule has 2 aliphatic heterocycles. The number of hydrogen-bond acceptors (Lipinski definition) is 3. The summed E-state index contributed by atoms with van der Waals surface area (Å²) in [7, 11) is 0. The number of fused-ring (bicyclic) bond motifs is 2. The summed E-state index contributed by atoms with van der Waals surface area (Å²) in [6.45, 7) is 9.25. The fourth-order valence-electron chi connectivity index (χ4n) is 5.36. The van der Waals surface area contributed by atoms with Gasteiger partial charge in [-0.15, -0.1) is 0 Å². The number of Topliss-reactive ketones (excluding diaryl/α,β-unsaturated/α-hetero) is 1. The fourth-order valence-corrected chi connectivity index (χ4v) is 5.36. The topological polar surface area (TPSA) is 49.0 Å². The molecule has 4 atom stereocenters. The maximum absolute atomic E-state index is 13.2.